The highest BCUT2D eigenvalue weighted by molar-refractivity contribution is 5.29. The molecule has 16 heavy (non-hydrogen) atoms. The van der Waals surface area contributed by atoms with E-state index in [-0.39, 0.29) is 5.60 Å². The first-order valence-corrected chi connectivity index (χ1v) is 7.04. The average Bonchev–Trinajstić information content (AvgIpc) is 2.71. The number of rotatable bonds is 0. The number of fused-ring (bicyclic) bond motifs is 1. The van der Waals surface area contributed by atoms with Gasteiger partial charge in [0.25, 0.3) is 0 Å². The fraction of sp³-hybridized carbons (Fsp3) is 1.00. The van der Waals surface area contributed by atoms with E-state index < -0.39 is 0 Å². The Hall–Kier alpha value is -0.0400. The van der Waals surface area contributed by atoms with Crippen LogP contribution in [0.1, 0.15) is 59.8 Å². The number of epoxide rings is 1. The van der Waals surface area contributed by atoms with E-state index in [1.165, 1.54) is 32.1 Å². The molecule has 0 radical (unpaired) electrons. The molecule has 0 N–H and O–H groups in total. The molecule has 3 saturated carbocycles. The Labute approximate surface area is 98.9 Å². The quantitative estimate of drug-likeness (QED) is 0.566. The molecule has 2 bridgehead atoms. The zero-order chi connectivity index (χ0) is 11.4. The lowest BCUT2D eigenvalue weighted by atomic mass is 9.55. The minimum absolute atomic E-state index is 0.252. The lowest BCUT2D eigenvalue weighted by Gasteiger charge is -2.47. The molecule has 1 saturated heterocycles. The summed E-state index contributed by atoms with van der Waals surface area (Å²) in [4.78, 5) is 0. The van der Waals surface area contributed by atoms with Gasteiger partial charge in [0.2, 0.25) is 0 Å². The number of hydrogen-bond acceptors (Lipinski definition) is 1. The summed E-state index contributed by atoms with van der Waals surface area (Å²) in [5.74, 6) is 0.946. The highest BCUT2D eigenvalue weighted by Gasteiger charge is 2.81. The van der Waals surface area contributed by atoms with Crippen molar-refractivity contribution < 1.29 is 4.74 Å². The molecule has 1 aliphatic heterocycles. The molecular weight excluding hydrogens is 196 g/mol. The third kappa shape index (κ3) is 0.723. The standard InChI is InChI=1S/C15H24O/c1-12(2)9-15-8-5-10(12)13(15,3)7-6-11-14(15,4)16-11/h10-11H,5-9H2,1-4H3. The maximum Gasteiger partial charge on any atom is 0.0981 e. The maximum atomic E-state index is 6.16. The van der Waals surface area contributed by atoms with E-state index in [1.807, 2.05) is 0 Å². The Morgan fingerprint density at radius 2 is 1.75 bits per heavy atom. The van der Waals surface area contributed by atoms with E-state index >= 15 is 0 Å². The normalized spacial score (nSPS) is 65.2. The SMILES string of the molecule is CC1(C)CC23CCC1C2(C)CCC1OC13C. The Balaban J connectivity index is 1.91. The second-order valence-corrected chi connectivity index (χ2v) is 8.01. The van der Waals surface area contributed by atoms with Gasteiger partial charge in [-0.2, -0.15) is 0 Å². The molecule has 1 nitrogen and oxygen atoms in total. The van der Waals surface area contributed by atoms with E-state index in [4.69, 9.17) is 4.74 Å². The zero-order valence-electron chi connectivity index (χ0n) is 11.1. The predicted octanol–water partition coefficient (Wildman–Crippen LogP) is 3.77. The van der Waals surface area contributed by atoms with Crippen molar-refractivity contribution in [1.29, 1.82) is 0 Å². The zero-order valence-corrected chi connectivity index (χ0v) is 11.1. The smallest absolute Gasteiger partial charge is 0.0981 e. The summed E-state index contributed by atoms with van der Waals surface area (Å²) in [5, 5.41) is 0. The van der Waals surface area contributed by atoms with Crippen molar-refractivity contribution in [2.24, 2.45) is 22.2 Å². The molecule has 0 amide bonds. The van der Waals surface area contributed by atoms with Crippen LogP contribution in [-0.2, 0) is 4.74 Å². The molecule has 0 aromatic rings. The van der Waals surface area contributed by atoms with Crippen molar-refractivity contribution in [1.82, 2.24) is 0 Å². The molecule has 4 fully saturated rings. The number of ether oxygens (including phenoxy) is 1. The Bertz CT molecular complexity index is 372. The van der Waals surface area contributed by atoms with Crippen LogP contribution in [0.3, 0.4) is 0 Å². The van der Waals surface area contributed by atoms with Crippen molar-refractivity contribution in [2.75, 3.05) is 0 Å². The number of hydrogen-bond donors (Lipinski definition) is 0. The summed E-state index contributed by atoms with van der Waals surface area (Å²) in [7, 11) is 0. The second kappa shape index (κ2) is 2.25. The van der Waals surface area contributed by atoms with Crippen molar-refractivity contribution in [3.8, 4) is 0 Å². The highest BCUT2D eigenvalue weighted by Crippen LogP contribution is 2.82. The van der Waals surface area contributed by atoms with E-state index in [0.29, 0.717) is 22.3 Å². The first-order valence-electron chi connectivity index (χ1n) is 7.04. The first-order chi connectivity index (χ1) is 7.36. The minimum Gasteiger partial charge on any atom is -0.366 e. The second-order valence-electron chi connectivity index (χ2n) is 8.01. The first kappa shape index (κ1) is 9.94. The summed E-state index contributed by atoms with van der Waals surface area (Å²) in [5.41, 5.74) is 1.91. The third-order valence-electron chi connectivity index (χ3n) is 7.24. The van der Waals surface area contributed by atoms with Crippen LogP contribution in [0.5, 0.6) is 0 Å². The molecule has 90 valence electrons. The van der Waals surface area contributed by atoms with Gasteiger partial charge in [-0.1, -0.05) is 20.8 Å². The predicted molar refractivity (Wildman–Crippen MR) is 64.2 cm³/mol. The Morgan fingerprint density at radius 3 is 2.44 bits per heavy atom. The van der Waals surface area contributed by atoms with Gasteiger partial charge < -0.3 is 4.74 Å². The van der Waals surface area contributed by atoms with Gasteiger partial charge in [0, 0.05) is 5.41 Å². The summed E-state index contributed by atoms with van der Waals surface area (Å²) in [6, 6.07) is 0. The summed E-state index contributed by atoms with van der Waals surface area (Å²) < 4.78 is 6.16. The van der Waals surface area contributed by atoms with Crippen LogP contribution in [0.4, 0.5) is 0 Å². The third-order valence-corrected chi connectivity index (χ3v) is 7.24. The van der Waals surface area contributed by atoms with Gasteiger partial charge in [0.15, 0.2) is 0 Å². The van der Waals surface area contributed by atoms with Crippen molar-refractivity contribution in [3.05, 3.63) is 0 Å². The molecule has 0 aromatic carbocycles. The van der Waals surface area contributed by atoms with Gasteiger partial charge >= 0.3 is 0 Å². The van der Waals surface area contributed by atoms with E-state index in [0.717, 1.165) is 5.92 Å². The van der Waals surface area contributed by atoms with Crippen LogP contribution in [0.2, 0.25) is 0 Å². The monoisotopic (exact) mass is 220 g/mol. The van der Waals surface area contributed by atoms with Gasteiger partial charge in [-0.05, 0) is 55.8 Å². The van der Waals surface area contributed by atoms with Gasteiger partial charge in [-0.15, -0.1) is 0 Å². The van der Waals surface area contributed by atoms with Crippen LogP contribution >= 0.6 is 0 Å². The Kier molecular flexibility index (Phi) is 1.40. The van der Waals surface area contributed by atoms with Crippen LogP contribution in [0, 0.1) is 22.2 Å². The molecule has 5 unspecified atom stereocenters. The van der Waals surface area contributed by atoms with Gasteiger partial charge in [-0.3, -0.25) is 0 Å². The fourth-order valence-electron chi connectivity index (χ4n) is 6.62. The maximum absolute atomic E-state index is 6.16. The lowest BCUT2D eigenvalue weighted by molar-refractivity contribution is 0.00467. The molecule has 4 rings (SSSR count). The van der Waals surface area contributed by atoms with E-state index in [9.17, 15) is 0 Å². The molecule has 0 aromatic heterocycles. The summed E-state index contributed by atoms with van der Waals surface area (Å²) >= 11 is 0. The van der Waals surface area contributed by atoms with Crippen molar-refractivity contribution in [2.45, 2.75) is 71.5 Å². The fourth-order valence-corrected chi connectivity index (χ4v) is 6.62. The van der Waals surface area contributed by atoms with E-state index in [2.05, 4.69) is 27.7 Å². The molecule has 4 aliphatic rings. The molecule has 0 spiro atoms. The van der Waals surface area contributed by atoms with Crippen LogP contribution < -0.4 is 0 Å². The van der Waals surface area contributed by atoms with Gasteiger partial charge in [-0.25, -0.2) is 0 Å². The van der Waals surface area contributed by atoms with Crippen LogP contribution in [-0.4, -0.2) is 11.7 Å². The minimum atomic E-state index is 0.252. The van der Waals surface area contributed by atoms with Crippen LogP contribution in [0.25, 0.3) is 0 Å². The van der Waals surface area contributed by atoms with Crippen molar-refractivity contribution >= 4 is 0 Å². The summed E-state index contributed by atoms with van der Waals surface area (Å²) in [6.07, 6.45) is 7.64. The largest absolute Gasteiger partial charge is 0.366 e. The molecule has 1 heteroatoms. The highest BCUT2D eigenvalue weighted by atomic mass is 16.6. The van der Waals surface area contributed by atoms with Crippen molar-refractivity contribution in [3.63, 3.8) is 0 Å². The lowest BCUT2D eigenvalue weighted by Crippen LogP contribution is -2.48. The van der Waals surface area contributed by atoms with Gasteiger partial charge in [0.1, 0.15) is 0 Å². The molecular formula is C15H24O. The average molecular weight is 220 g/mol. The Morgan fingerprint density at radius 1 is 1.00 bits per heavy atom. The summed E-state index contributed by atoms with van der Waals surface area (Å²) in [6.45, 7) is 10.0. The van der Waals surface area contributed by atoms with E-state index in [1.54, 1.807) is 0 Å². The van der Waals surface area contributed by atoms with Gasteiger partial charge in [0.05, 0.1) is 11.7 Å². The molecule has 5 atom stereocenters. The molecule has 1 heterocycles. The van der Waals surface area contributed by atoms with Crippen LogP contribution in [0.15, 0.2) is 0 Å². The molecule has 3 aliphatic carbocycles. The topological polar surface area (TPSA) is 12.5 Å².